The van der Waals surface area contributed by atoms with E-state index >= 15 is 0 Å². The number of para-hydroxylation sites is 1. The number of hydrogen-bond donors (Lipinski definition) is 2. The highest BCUT2D eigenvalue weighted by atomic mass is 19.4. The number of ether oxygens (including phenoxy) is 1. The molecule has 0 aliphatic carbocycles. The third-order valence-corrected chi connectivity index (χ3v) is 6.00. The number of benzene rings is 2. The maximum atomic E-state index is 13.0. The number of nitrogens with one attached hydrogen (secondary N) is 2. The Balaban J connectivity index is 1.35. The summed E-state index contributed by atoms with van der Waals surface area (Å²) >= 11 is 0. The molecule has 7 nitrogen and oxygen atoms in total. The van der Waals surface area contributed by atoms with Crippen molar-refractivity contribution in [3.63, 3.8) is 0 Å². The van der Waals surface area contributed by atoms with Gasteiger partial charge in [-0.25, -0.2) is 4.98 Å². The number of pyridine rings is 1. The number of piperidine rings is 1. The predicted molar refractivity (Wildman–Crippen MR) is 129 cm³/mol. The molecule has 1 aliphatic rings. The second kappa shape index (κ2) is 10.7. The summed E-state index contributed by atoms with van der Waals surface area (Å²) in [5, 5.41) is 5.79. The number of methoxy groups -OCH3 is 1. The number of carbonyl (C=O) groups excluding carboxylic acids is 2. The summed E-state index contributed by atoms with van der Waals surface area (Å²) in [6.45, 7) is 1.08. The minimum atomic E-state index is -4.42. The van der Waals surface area contributed by atoms with Gasteiger partial charge in [0.2, 0.25) is 0 Å². The highest BCUT2D eigenvalue weighted by Gasteiger charge is 2.31. The Morgan fingerprint density at radius 1 is 0.972 bits per heavy atom. The maximum Gasteiger partial charge on any atom is 0.417 e. The van der Waals surface area contributed by atoms with Gasteiger partial charge in [-0.15, -0.1) is 0 Å². The second-order valence-corrected chi connectivity index (χ2v) is 8.37. The average molecular weight is 499 g/mol. The summed E-state index contributed by atoms with van der Waals surface area (Å²) < 4.78 is 43.4. The van der Waals surface area contributed by atoms with Crippen LogP contribution in [-0.4, -0.2) is 43.0 Å². The van der Waals surface area contributed by atoms with E-state index in [0.717, 1.165) is 12.3 Å². The molecule has 3 aromatic rings. The topological polar surface area (TPSA) is 83.6 Å². The van der Waals surface area contributed by atoms with E-state index in [4.69, 9.17) is 4.74 Å². The molecule has 2 amide bonds. The van der Waals surface area contributed by atoms with E-state index < -0.39 is 11.7 Å². The molecule has 1 aliphatic heterocycles. The van der Waals surface area contributed by atoms with Crippen LogP contribution < -0.4 is 20.3 Å². The van der Waals surface area contributed by atoms with Crippen LogP contribution >= 0.6 is 0 Å². The lowest BCUT2D eigenvalue weighted by molar-refractivity contribution is -0.137. The zero-order chi connectivity index (χ0) is 25.7. The zero-order valence-electron chi connectivity index (χ0n) is 19.5. The predicted octanol–water partition coefficient (Wildman–Crippen LogP) is 4.76. The first-order chi connectivity index (χ1) is 17.2. The molecule has 1 aromatic heterocycles. The van der Waals surface area contributed by atoms with Gasteiger partial charge in [-0.3, -0.25) is 9.59 Å². The number of anilines is 2. The Morgan fingerprint density at radius 2 is 1.67 bits per heavy atom. The Bertz CT molecular complexity index is 1210. The van der Waals surface area contributed by atoms with E-state index in [2.05, 4.69) is 15.6 Å². The molecule has 0 unspecified atom stereocenters. The third kappa shape index (κ3) is 5.94. The molecule has 0 spiro atoms. The first kappa shape index (κ1) is 25.0. The number of hydrogen-bond acceptors (Lipinski definition) is 5. The van der Waals surface area contributed by atoms with Crippen LogP contribution in [0.2, 0.25) is 0 Å². The van der Waals surface area contributed by atoms with E-state index in [1.54, 1.807) is 55.6 Å². The second-order valence-electron chi connectivity index (χ2n) is 8.37. The van der Waals surface area contributed by atoms with Crippen LogP contribution in [0.4, 0.5) is 24.7 Å². The summed E-state index contributed by atoms with van der Waals surface area (Å²) in [6.07, 6.45) is -2.38. The van der Waals surface area contributed by atoms with Crippen molar-refractivity contribution in [2.45, 2.75) is 25.1 Å². The SMILES string of the molecule is COc1ccc(C(=O)Nc2ccccc2C(=O)NC2CCN(c3ccc(C(F)(F)F)cn3)CC2)cc1. The summed E-state index contributed by atoms with van der Waals surface area (Å²) in [5.74, 6) is 0.438. The van der Waals surface area contributed by atoms with Gasteiger partial charge in [-0.1, -0.05) is 12.1 Å². The third-order valence-electron chi connectivity index (χ3n) is 6.00. The molecule has 188 valence electrons. The molecule has 36 heavy (non-hydrogen) atoms. The molecule has 2 heterocycles. The van der Waals surface area contributed by atoms with Crippen LogP contribution in [0.1, 0.15) is 39.1 Å². The standard InChI is InChI=1S/C26H25F3N4O3/c1-36-20-9-6-17(7-10-20)24(34)32-22-5-3-2-4-21(22)25(35)31-19-12-14-33(15-13-19)23-11-8-18(16-30-23)26(27,28)29/h2-11,16,19H,12-15H2,1H3,(H,31,35)(H,32,34). The van der Waals surface area contributed by atoms with Crippen LogP contribution in [0.3, 0.4) is 0 Å². The van der Waals surface area contributed by atoms with Gasteiger partial charge in [0.05, 0.1) is 23.9 Å². The molecule has 10 heteroatoms. The van der Waals surface area contributed by atoms with Gasteiger partial charge in [0, 0.05) is 30.9 Å². The van der Waals surface area contributed by atoms with Gasteiger partial charge in [-0.05, 0) is 61.4 Å². The summed E-state index contributed by atoms with van der Waals surface area (Å²) in [4.78, 5) is 31.5. The van der Waals surface area contributed by atoms with Crippen LogP contribution in [0.25, 0.3) is 0 Å². The van der Waals surface area contributed by atoms with E-state index in [9.17, 15) is 22.8 Å². The number of alkyl halides is 3. The number of amides is 2. The normalized spacial score (nSPS) is 14.3. The fourth-order valence-corrected chi connectivity index (χ4v) is 3.98. The number of nitrogens with zero attached hydrogens (tertiary/aromatic N) is 2. The average Bonchev–Trinajstić information content (AvgIpc) is 2.89. The molecule has 1 saturated heterocycles. The van der Waals surface area contributed by atoms with Crippen molar-refractivity contribution in [1.29, 1.82) is 0 Å². The molecule has 0 radical (unpaired) electrons. The van der Waals surface area contributed by atoms with Crippen molar-refractivity contribution < 1.29 is 27.5 Å². The van der Waals surface area contributed by atoms with Crippen molar-refractivity contribution in [3.05, 3.63) is 83.6 Å². The Hall–Kier alpha value is -4.08. The largest absolute Gasteiger partial charge is 0.497 e. The number of rotatable bonds is 6. The highest BCUT2D eigenvalue weighted by Crippen LogP contribution is 2.30. The van der Waals surface area contributed by atoms with Gasteiger partial charge in [0.15, 0.2) is 0 Å². The number of halogens is 3. The van der Waals surface area contributed by atoms with Gasteiger partial charge >= 0.3 is 6.18 Å². The van der Waals surface area contributed by atoms with Crippen LogP contribution in [0, 0.1) is 0 Å². The van der Waals surface area contributed by atoms with Crippen LogP contribution in [0.15, 0.2) is 66.9 Å². The lowest BCUT2D eigenvalue weighted by Gasteiger charge is -2.33. The first-order valence-corrected chi connectivity index (χ1v) is 11.4. The van der Waals surface area contributed by atoms with Gasteiger partial charge < -0.3 is 20.3 Å². The molecule has 2 aromatic carbocycles. The van der Waals surface area contributed by atoms with E-state index in [1.165, 1.54) is 6.07 Å². The maximum absolute atomic E-state index is 13.0. The lowest BCUT2D eigenvalue weighted by Crippen LogP contribution is -2.45. The van der Waals surface area contributed by atoms with Gasteiger partial charge in [0.1, 0.15) is 11.6 Å². The van der Waals surface area contributed by atoms with Crippen molar-refractivity contribution in [2.75, 3.05) is 30.4 Å². The Kier molecular flexibility index (Phi) is 7.42. The smallest absolute Gasteiger partial charge is 0.417 e. The number of aromatic nitrogens is 1. The van der Waals surface area contributed by atoms with E-state index in [-0.39, 0.29) is 17.9 Å². The molecule has 2 N–H and O–H groups in total. The Morgan fingerprint density at radius 3 is 2.28 bits per heavy atom. The molecule has 0 saturated carbocycles. The lowest BCUT2D eigenvalue weighted by atomic mass is 10.0. The molecule has 0 atom stereocenters. The van der Waals surface area contributed by atoms with E-state index in [1.807, 2.05) is 4.90 Å². The monoisotopic (exact) mass is 498 g/mol. The molecule has 0 bridgehead atoms. The summed E-state index contributed by atoms with van der Waals surface area (Å²) in [5.41, 5.74) is 0.370. The van der Waals surface area contributed by atoms with Crippen molar-refractivity contribution in [3.8, 4) is 5.75 Å². The minimum Gasteiger partial charge on any atom is -0.497 e. The fourth-order valence-electron chi connectivity index (χ4n) is 3.98. The van der Waals surface area contributed by atoms with Gasteiger partial charge in [0.25, 0.3) is 11.8 Å². The molecular formula is C26H25F3N4O3. The van der Waals surface area contributed by atoms with Gasteiger partial charge in [-0.2, -0.15) is 13.2 Å². The summed E-state index contributed by atoms with van der Waals surface area (Å²) in [6, 6.07) is 15.7. The molecule has 1 fully saturated rings. The highest BCUT2D eigenvalue weighted by molar-refractivity contribution is 6.09. The minimum absolute atomic E-state index is 0.117. The van der Waals surface area contributed by atoms with Crippen LogP contribution in [-0.2, 0) is 6.18 Å². The summed E-state index contributed by atoms with van der Waals surface area (Å²) in [7, 11) is 1.54. The van der Waals surface area contributed by atoms with E-state index in [0.29, 0.717) is 54.3 Å². The quantitative estimate of drug-likeness (QED) is 0.512. The van der Waals surface area contributed by atoms with Crippen molar-refractivity contribution in [1.82, 2.24) is 10.3 Å². The number of carbonyl (C=O) groups is 2. The molecular weight excluding hydrogens is 473 g/mol. The zero-order valence-corrected chi connectivity index (χ0v) is 19.5. The van der Waals surface area contributed by atoms with Crippen LogP contribution in [0.5, 0.6) is 5.75 Å². The fraction of sp³-hybridized carbons (Fsp3) is 0.269. The van der Waals surface area contributed by atoms with Crippen molar-refractivity contribution in [2.24, 2.45) is 0 Å². The Labute approximate surface area is 206 Å². The van der Waals surface area contributed by atoms with Crippen molar-refractivity contribution >= 4 is 23.3 Å². The molecule has 4 rings (SSSR count). The first-order valence-electron chi connectivity index (χ1n) is 11.4.